The number of rotatable bonds is 6. The van der Waals surface area contributed by atoms with Crippen molar-refractivity contribution in [2.45, 2.75) is 33.2 Å². The predicted octanol–water partition coefficient (Wildman–Crippen LogP) is 2.85. The summed E-state index contributed by atoms with van der Waals surface area (Å²) in [4.78, 5) is 13.0. The molecule has 102 valence electrons. The lowest BCUT2D eigenvalue weighted by molar-refractivity contribution is 0.896. The number of hydrogen-bond donors (Lipinski definition) is 2. The van der Waals surface area contributed by atoms with Crippen LogP contribution in [0.4, 0.5) is 11.6 Å². The third-order valence-electron chi connectivity index (χ3n) is 2.79. The van der Waals surface area contributed by atoms with Crippen molar-refractivity contribution in [1.29, 1.82) is 0 Å². The maximum atomic E-state index is 4.44. The van der Waals surface area contributed by atoms with E-state index in [-0.39, 0.29) is 0 Å². The number of nitrogens with one attached hydrogen (secondary N) is 2. The lowest BCUT2D eigenvalue weighted by atomic mass is 10.1. The highest BCUT2D eigenvalue weighted by molar-refractivity contribution is 7.09. The summed E-state index contributed by atoms with van der Waals surface area (Å²) in [5.74, 6) is 1.79. The molecule has 5 nitrogen and oxygen atoms in total. The molecule has 2 heterocycles. The second-order valence-electron chi connectivity index (χ2n) is 4.26. The van der Waals surface area contributed by atoms with Crippen molar-refractivity contribution in [3.05, 3.63) is 28.0 Å². The molecule has 0 bridgehead atoms. The Bertz CT molecular complexity index is 538. The molecule has 0 radical (unpaired) electrons. The van der Waals surface area contributed by atoms with E-state index in [2.05, 4.69) is 37.9 Å². The maximum Gasteiger partial charge on any atom is 0.135 e. The van der Waals surface area contributed by atoms with Crippen LogP contribution in [0, 0.1) is 6.92 Å². The number of aromatic nitrogens is 3. The van der Waals surface area contributed by atoms with E-state index < -0.39 is 0 Å². The number of nitrogens with zero attached hydrogens (tertiary/aromatic N) is 3. The van der Waals surface area contributed by atoms with Crippen LogP contribution in [-0.2, 0) is 13.0 Å². The van der Waals surface area contributed by atoms with Crippen LogP contribution in [0.3, 0.4) is 0 Å². The van der Waals surface area contributed by atoms with Gasteiger partial charge in [0.15, 0.2) is 0 Å². The third-order valence-corrected chi connectivity index (χ3v) is 3.61. The molecule has 0 spiro atoms. The Morgan fingerprint density at radius 1 is 1.26 bits per heavy atom. The van der Waals surface area contributed by atoms with Crippen LogP contribution in [0.15, 0.2) is 11.7 Å². The largest absolute Gasteiger partial charge is 0.373 e. The van der Waals surface area contributed by atoms with Gasteiger partial charge in [-0.05, 0) is 13.3 Å². The van der Waals surface area contributed by atoms with E-state index in [9.17, 15) is 0 Å². The van der Waals surface area contributed by atoms with Gasteiger partial charge < -0.3 is 10.6 Å². The summed E-state index contributed by atoms with van der Waals surface area (Å²) in [5.41, 5.74) is 2.19. The topological polar surface area (TPSA) is 62.7 Å². The first-order chi connectivity index (χ1) is 9.24. The Labute approximate surface area is 117 Å². The van der Waals surface area contributed by atoms with Crippen molar-refractivity contribution >= 4 is 23.0 Å². The molecule has 2 aromatic rings. The summed E-state index contributed by atoms with van der Waals surface area (Å²) >= 11 is 1.67. The minimum Gasteiger partial charge on any atom is -0.373 e. The lowest BCUT2D eigenvalue weighted by Crippen LogP contribution is -2.08. The van der Waals surface area contributed by atoms with Gasteiger partial charge in [-0.2, -0.15) is 0 Å². The number of hydrogen-bond acceptors (Lipinski definition) is 6. The summed E-state index contributed by atoms with van der Waals surface area (Å²) in [5, 5.41) is 9.63. The van der Waals surface area contributed by atoms with Crippen molar-refractivity contribution < 1.29 is 0 Å². The van der Waals surface area contributed by atoms with Gasteiger partial charge in [-0.15, -0.1) is 11.3 Å². The van der Waals surface area contributed by atoms with Crippen LogP contribution in [0.25, 0.3) is 0 Å². The van der Waals surface area contributed by atoms with E-state index in [1.165, 1.54) is 0 Å². The van der Waals surface area contributed by atoms with E-state index >= 15 is 0 Å². The van der Waals surface area contributed by atoms with Crippen LogP contribution >= 0.6 is 11.3 Å². The number of aryl methyl sites for hydroxylation is 1. The fraction of sp³-hybridized carbons (Fsp3) is 0.462. The maximum absolute atomic E-state index is 4.44. The van der Waals surface area contributed by atoms with Crippen molar-refractivity contribution in [3.63, 3.8) is 0 Å². The summed E-state index contributed by atoms with van der Waals surface area (Å²) in [6.07, 6.45) is 3.60. The standard InChI is InChI=1S/C13H19N5S/c1-4-5-11-12(14-3)16-8-17-13(11)15-6-10-7-19-9(2)18-10/h7-8H,4-6H2,1-3H3,(H2,14,15,16,17). The lowest BCUT2D eigenvalue weighted by Gasteiger charge is -2.12. The van der Waals surface area contributed by atoms with Crippen molar-refractivity contribution in [3.8, 4) is 0 Å². The van der Waals surface area contributed by atoms with Crippen molar-refractivity contribution in [1.82, 2.24) is 15.0 Å². The first kappa shape index (κ1) is 13.7. The summed E-state index contributed by atoms with van der Waals surface area (Å²) < 4.78 is 0. The van der Waals surface area contributed by atoms with Gasteiger partial charge in [-0.1, -0.05) is 13.3 Å². The Balaban J connectivity index is 2.14. The zero-order valence-corrected chi connectivity index (χ0v) is 12.3. The second-order valence-corrected chi connectivity index (χ2v) is 5.32. The molecule has 0 aromatic carbocycles. The van der Waals surface area contributed by atoms with E-state index in [0.717, 1.165) is 40.7 Å². The number of anilines is 2. The van der Waals surface area contributed by atoms with Gasteiger partial charge in [-0.3, -0.25) is 0 Å². The van der Waals surface area contributed by atoms with Crippen molar-refractivity contribution in [2.75, 3.05) is 17.7 Å². The summed E-state index contributed by atoms with van der Waals surface area (Å²) in [7, 11) is 1.88. The highest BCUT2D eigenvalue weighted by Crippen LogP contribution is 2.21. The van der Waals surface area contributed by atoms with Crippen LogP contribution in [-0.4, -0.2) is 22.0 Å². The zero-order valence-electron chi connectivity index (χ0n) is 11.5. The average Bonchev–Trinajstić information content (AvgIpc) is 2.83. The van der Waals surface area contributed by atoms with E-state index in [0.29, 0.717) is 6.54 Å². The van der Waals surface area contributed by atoms with E-state index in [1.807, 2.05) is 14.0 Å². The van der Waals surface area contributed by atoms with Gasteiger partial charge in [-0.25, -0.2) is 15.0 Å². The first-order valence-corrected chi connectivity index (χ1v) is 7.29. The Morgan fingerprint density at radius 3 is 2.68 bits per heavy atom. The molecule has 0 aliphatic heterocycles. The SMILES string of the molecule is CCCc1c(NC)ncnc1NCc1csc(C)n1. The molecule has 0 aliphatic rings. The molecule has 2 aromatic heterocycles. The summed E-state index contributed by atoms with van der Waals surface area (Å²) in [6, 6.07) is 0. The van der Waals surface area contributed by atoms with Gasteiger partial charge in [0, 0.05) is 18.0 Å². The Morgan fingerprint density at radius 2 is 2.05 bits per heavy atom. The molecular weight excluding hydrogens is 258 g/mol. The average molecular weight is 277 g/mol. The van der Waals surface area contributed by atoms with Gasteiger partial charge in [0.05, 0.1) is 17.2 Å². The van der Waals surface area contributed by atoms with Gasteiger partial charge in [0.2, 0.25) is 0 Å². The monoisotopic (exact) mass is 277 g/mol. The molecule has 0 saturated heterocycles. The minimum atomic E-state index is 0.696. The molecule has 2 rings (SSSR count). The molecule has 0 unspecified atom stereocenters. The van der Waals surface area contributed by atoms with Crippen LogP contribution < -0.4 is 10.6 Å². The Hall–Kier alpha value is -1.69. The summed E-state index contributed by atoms with van der Waals surface area (Å²) in [6.45, 7) is 4.86. The van der Waals surface area contributed by atoms with E-state index in [4.69, 9.17) is 0 Å². The third kappa shape index (κ3) is 3.41. The minimum absolute atomic E-state index is 0.696. The smallest absolute Gasteiger partial charge is 0.135 e. The quantitative estimate of drug-likeness (QED) is 0.850. The first-order valence-electron chi connectivity index (χ1n) is 6.41. The fourth-order valence-electron chi connectivity index (χ4n) is 1.93. The van der Waals surface area contributed by atoms with Gasteiger partial charge >= 0.3 is 0 Å². The molecule has 0 aliphatic carbocycles. The molecule has 0 atom stereocenters. The molecule has 0 amide bonds. The molecule has 19 heavy (non-hydrogen) atoms. The van der Waals surface area contributed by atoms with Gasteiger partial charge in [0.25, 0.3) is 0 Å². The van der Waals surface area contributed by atoms with Crippen LogP contribution in [0.2, 0.25) is 0 Å². The molecular formula is C13H19N5S. The Kier molecular flexibility index (Phi) is 4.68. The van der Waals surface area contributed by atoms with Crippen LogP contribution in [0.5, 0.6) is 0 Å². The molecule has 2 N–H and O–H groups in total. The normalized spacial score (nSPS) is 10.5. The number of thiazole rings is 1. The van der Waals surface area contributed by atoms with E-state index in [1.54, 1.807) is 17.7 Å². The highest BCUT2D eigenvalue weighted by Gasteiger charge is 2.09. The molecule has 0 saturated carbocycles. The highest BCUT2D eigenvalue weighted by atomic mass is 32.1. The van der Waals surface area contributed by atoms with Crippen LogP contribution in [0.1, 0.15) is 29.6 Å². The zero-order chi connectivity index (χ0) is 13.7. The van der Waals surface area contributed by atoms with Gasteiger partial charge in [0.1, 0.15) is 18.0 Å². The van der Waals surface area contributed by atoms with Crippen molar-refractivity contribution in [2.24, 2.45) is 0 Å². The second kappa shape index (κ2) is 6.47. The predicted molar refractivity (Wildman–Crippen MR) is 79.8 cm³/mol. The fourth-order valence-corrected chi connectivity index (χ4v) is 2.54. The molecule has 0 fully saturated rings. The molecule has 6 heteroatoms.